The summed E-state index contributed by atoms with van der Waals surface area (Å²) in [5.41, 5.74) is 7.46. The standard InChI is InChI=1S/C14H15N3O2S2/c1-2-10-3-5-11(6-4-10)17-21(18,19)12-7-8-13(14(15)20)16-9-12/h3-9,17H,2H2,1H3,(H2,15,20). The fraction of sp³-hybridized carbons (Fsp3) is 0.143. The number of hydrogen-bond donors (Lipinski definition) is 2. The first kappa shape index (κ1) is 15.4. The zero-order chi connectivity index (χ0) is 15.5. The number of nitrogens with zero attached hydrogens (tertiary/aromatic N) is 1. The Kier molecular flexibility index (Phi) is 4.54. The summed E-state index contributed by atoms with van der Waals surface area (Å²) in [6, 6.07) is 10.1. The Morgan fingerprint density at radius 1 is 1.24 bits per heavy atom. The van der Waals surface area contributed by atoms with Gasteiger partial charge < -0.3 is 5.73 Å². The number of pyridine rings is 1. The van der Waals surface area contributed by atoms with Crippen LogP contribution in [0.2, 0.25) is 0 Å². The van der Waals surface area contributed by atoms with Crippen molar-refractivity contribution in [2.24, 2.45) is 5.73 Å². The monoisotopic (exact) mass is 321 g/mol. The molecule has 1 aromatic heterocycles. The maximum absolute atomic E-state index is 12.2. The Hall–Kier alpha value is -1.99. The molecule has 0 fully saturated rings. The normalized spacial score (nSPS) is 11.1. The van der Waals surface area contributed by atoms with E-state index in [1.54, 1.807) is 12.1 Å². The topological polar surface area (TPSA) is 85.1 Å². The van der Waals surface area contributed by atoms with Crippen molar-refractivity contribution in [2.75, 3.05) is 4.72 Å². The SMILES string of the molecule is CCc1ccc(NS(=O)(=O)c2ccc(C(N)=S)nc2)cc1. The van der Waals surface area contributed by atoms with Crippen molar-refractivity contribution in [3.8, 4) is 0 Å². The molecule has 2 aromatic rings. The first-order valence-electron chi connectivity index (χ1n) is 6.30. The van der Waals surface area contributed by atoms with Gasteiger partial charge in [-0.2, -0.15) is 0 Å². The van der Waals surface area contributed by atoms with Gasteiger partial charge in [-0.3, -0.25) is 9.71 Å². The molecule has 5 nitrogen and oxygen atoms in total. The molecular formula is C14H15N3O2S2. The maximum atomic E-state index is 12.2. The van der Waals surface area contributed by atoms with Gasteiger partial charge in [0.1, 0.15) is 9.88 Å². The van der Waals surface area contributed by atoms with Crippen LogP contribution in [0, 0.1) is 0 Å². The molecule has 1 heterocycles. The van der Waals surface area contributed by atoms with Crippen molar-refractivity contribution in [1.82, 2.24) is 4.98 Å². The van der Waals surface area contributed by atoms with E-state index in [2.05, 4.69) is 9.71 Å². The molecule has 2 rings (SSSR count). The highest BCUT2D eigenvalue weighted by Gasteiger charge is 2.15. The van der Waals surface area contributed by atoms with Crippen molar-refractivity contribution in [1.29, 1.82) is 0 Å². The summed E-state index contributed by atoms with van der Waals surface area (Å²) in [5.74, 6) is 0. The molecule has 0 aliphatic carbocycles. The summed E-state index contributed by atoms with van der Waals surface area (Å²) >= 11 is 4.78. The van der Waals surface area contributed by atoms with E-state index in [1.807, 2.05) is 19.1 Å². The second kappa shape index (κ2) is 6.19. The molecule has 0 saturated heterocycles. The van der Waals surface area contributed by atoms with Crippen molar-refractivity contribution >= 4 is 32.9 Å². The van der Waals surface area contributed by atoms with Gasteiger partial charge in [-0.1, -0.05) is 31.3 Å². The summed E-state index contributed by atoms with van der Waals surface area (Å²) < 4.78 is 26.9. The molecule has 0 radical (unpaired) electrons. The van der Waals surface area contributed by atoms with Crippen LogP contribution in [0.25, 0.3) is 0 Å². The lowest BCUT2D eigenvalue weighted by Crippen LogP contribution is -2.15. The van der Waals surface area contributed by atoms with Gasteiger partial charge in [-0.25, -0.2) is 8.42 Å². The van der Waals surface area contributed by atoms with E-state index in [4.69, 9.17) is 18.0 Å². The van der Waals surface area contributed by atoms with Crippen LogP contribution in [0.3, 0.4) is 0 Å². The van der Waals surface area contributed by atoms with Crippen LogP contribution < -0.4 is 10.5 Å². The summed E-state index contributed by atoms with van der Waals surface area (Å²) in [7, 11) is -3.67. The summed E-state index contributed by atoms with van der Waals surface area (Å²) in [4.78, 5) is 4.11. The molecule has 0 spiro atoms. The molecule has 0 aliphatic rings. The van der Waals surface area contributed by atoms with Gasteiger partial charge in [0.25, 0.3) is 10.0 Å². The van der Waals surface area contributed by atoms with E-state index in [0.717, 1.165) is 12.0 Å². The fourth-order valence-corrected chi connectivity index (χ4v) is 2.83. The van der Waals surface area contributed by atoms with Gasteiger partial charge in [-0.05, 0) is 36.2 Å². The van der Waals surface area contributed by atoms with Crippen LogP contribution in [0.1, 0.15) is 18.2 Å². The molecular weight excluding hydrogens is 306 g/mol. The third-order valence-corrected chi connectivity index (χ3v) is 4.49. The van der Waals surface area contributed by atoms with E-state index in [1.165, 1.54) is 18.3 Å². The number of hydrogen-bond acceptors (Lipinski definition) is 4. The van der Waals surface area contributed by atoms with Gasteiger partial charge in [0.2, 0.25) is 0 Å². The number of benzene rings is 1. The van der Waals surface area contributed by atoms with Crippen molar-refractivity contribution in [3.63, 3.8) is 0 Å². The molecule has 1 aromatic carbocycles. The third-order valence-electron chi connectivity index (χ3n) is 2.91. The van der Waals surface area contributed by atoms with Crippen LogP contribution in [0.15, 0.2) is 47.5 Å². The molecule has 0 saturated carbocycles. The van der Waals surface area contributed by atoms with Crippen molar-refractivity contribution in [2.45, 2.75) is 18.2 Å². The van der Waals surface area contributed by atoms with Gasteiger partial charge in [-0.15, -0.1) is 0 Å². The molecule has 3 N–H and O–H groups in total. The Balaban J connectivity index is 2.22. The smallest absolute Gasteiger partial charge is 0.263 e. The van der Waals surface area contributed by atoms with E-state index in [-0.39, 0.29) is 9.88 Å². The third kappa shape index (κ3) is 3.77. The van der Waals surface area contributed by atoms with Gasteiger partial charge >= 0.3 is 0 Å². The molecule has 7 heteroatoms. The number of aryl methyl sites for hydroxylation is 1. The van der Waals surface area contributed by atoms with Crippen LogP contribution >= 0.6 is 12.2 Å². The first-order chi connectivity index (χ1) is 9.92. The number of nitrogens with two attached hydrogens (primary N) is 1. The molecule has 0 unspecified atom stereocenters. The molecule has 0 amide bonds. The predicted molar refractivity (Wildman–Crippen MR) is 86.8 cm³/mol. The minimum absolute atomic E-state index is 0.0575. The Labute approximate surface area is 129 Å². The van der Waals surface area contributed by atoms with E-state index < -0.39 is 10.0 Å². The number of aromatic nitrogens is 1. The Morgan fingerprint density at radius 2 is 1.90 bits per heavy atom. The van der Waals surface area contributed by atoms with Gasteiger partial charge in [0, 0.05) is 11.9 Å². The minimum Gasteiger partial charge on any atom is -0.388 e. The lowest BCUT2D eigenvalue weighted by Gasteiger charge is -2.08. The maximum Gasteiger partial charge on any atom is 0.263 e. The molecule has 21 heavy (non-hydrogen) atoms. The zero-order valence-corrected chi connectivity index (χ0v) is 13.0. The zero-order valence-electron chi connectivity index (χ0n) is 11.4. The Bertz CT molecular complexity index is 739. The number of anilines is 1. The minimum atomic E-state index is -3.67. The van der Waals surface area contributed by atoms with Crippen LogP contribution in [0.5, 0.6) is 0 Å². The average Bonchev–Trinajstić information content (AvgIpc) is 2.48. The number of thiocarbonyl (C=S) groups is 1. The highest BCUT2D eigenvalue weighted by Crippen LogP contribution is 2.16. The highest BCUT2D eigenvalue weighted by atomic mass is 32.2. The second-order valence-corrected chi connectivity index (χ2v) is 6.52. The average molecular weight is 321 g/mol. The number of sulfonamides is 1. The lowest BCUT2D eigenvalue weighted by molar-refractivity contribution is 0.601. The van der Waals surface area contributed by atoms with Crippen molar-refractivity contribution in [3.05, 3.63) is 53.9 Å². The van der Waals surface area contributed by atoms with Crippen LogP contribution in [0.4, 0.5) is 5.69 Å². The summed E-state index contributed by atoms with van der Waals surface area (Å²) in [5, 5.41) is 0. The quantitative estimate of drug-likeness (QED) is 0.824. The summed E-state index contributed by atoms with van der Waals surface area (Å²) in [6.45, 7) is 2.04. The molecule has 0 atom stereocenters. The number of nitrogens with one attached hydrogen (secondary N) is 1. The van der Waals surface area contributed by atoms with E-state index in [9.17, 15) is 8.42 Å². The largest absolute Gasteiger partial charge is 0.388 e. The number of rotatable bonds is 5. The van der Waals surface area contributed by atoms with Crippen molar-refractivity contribution < 1.29 is 8.42 Å². The lowest BCUT2D eigenvalue weighted by atomic mass is 10.2. The second-order valence-electron chi connectivity index (χ2n) is 4.40. The van der Waals surface area contributed by atoms with Crippen LogP contribution in [-0.2, 0) is 16.4 Å². The molecule has 110 valence electrons. The highest BCUT2D eigenvalue weighted by molar-refractivity contribution is 7.92. The Morgan fingerprint density at radius 3 is 2.38 bits per heavy atom. The molecule has 0 bridgehead atoms. The molecule has 0 aliphatic heterocycles. The first-order valence-corrected chi connectivity index (χ1v) is 8.19. The van der Waals surface area contributed by atoms with Gasteiger partial charge in [0.05, 0.1) is 5.69 Å². The summed E-state index contributed by atoms with van der Waals surface area (Å²) in [6.07, 6.45) is 2.13. The predicted octanol–water partition coefficient (Wildman–Crippen LogP) is 2.08. The van der Waals surface area contributed by atoms with E-state index >= 15 is 0 Å². The van der Waals surface area contributed by atoms with E-state index in [0.29, 0.717) is 11.4 Å². The fourth-order valence-electron chi connectivity index (χ4n) is 1.71. The van der Waals surface area contributed by atoms with Gasteiger partial charge in [0.15, 0.2) is 0 Å². The van der Waals surface area contributed by atoms with Crippen LogP contribution in [-0.4, -0.2) is 18.4 Å².